The molecule has 0 fully saturated rings. The van der Waals surface area contributed by atoms with Crippen molar-refractivity contribution in [3.8, 4) is 0 Å². The second-order valence-corrected chi connectivity index (χ2v) is 6.13. The Hall–Kier alpha value is -2.83. The van der Waals surface area contributed by atoms with Crippen LogP contribution >= 0.6 is 0 Å². The third kappa shape index (κ3) is 5.08. The summed E-state index contributed by atoms with van der Waals surface area (Å²) in [6, 6.07) is 11.8. The van der Waals surface area contributed by atoms with E-state index < -0.39 is 29.6 Å². The first-order chi connectivity index (χ1) is 12.2. The van der Waals surface area contributed by atoms with Gasteiger partial charge in [0.1, 0.15) is 6.04 Å². The summed E-state index contributed by atoms with van der Waals surface area (Å²) in [4.78, 5) is 24.7. The molecule has 0 heterocycles. The van der Waals surface area contributed by atoms with Gasteiger partial charge in [-0.1, -0.05) is 32.0 Å². The van der Waals surface area contributed by atoms with Crippen LogP contribution in [0.5, 0.6) is 0 Å². The van der Waals surface area contributed by atoms with Crippen LogP contribution in [0.25, 0.3) is 0 Å². The van der Waals surface area contributed by atoms with Crippen LogP contribution in [0.2, 0.25) is 0 Å². The average Bonchev–Trinajstić information content (AvgIpc) is 2.59. The summed E-state index contributed by atoms with van der Waals surface area (Å²) >= 11 is 0. The Morgan fingerprint density at radius 3 is 2.00 bits per heavy atom. The quantitative estimate of drug-likeness (QED) is 0.839. The normalized spacial score (nSPS) is 12.5. The highest BCUT2D eigenvalue weighted by Gasteiger charge is 2.30. The molecule has 4 nitrogen and oxygen atoms in total. The van der Waals surface area contributed by atoms with Gasteiger partial charge >= 0.3 is 6.18 Å². The largest absolute Gasteiger partial charge is 0.416 e. The maximum absolute atomic E-state index is 12.6. The van der Waals surface area contributed by atoms with Crippen molar-refractivity contribution in [1.82, 2.24) is 5.32 Å². The molecule has 2 aromatic rings. The number of halogens is 3. The highest BCUT2D eigenvalue weighted by atomic mass is 19.4. The molecule has 1 unspecified atom stereocenters. The van der Waals surface area contributed by atoms with Crippen LogP contribution in [0.1, 0.15) is 29.8 Å². The Bertz CT molecular complexity index is 757. The van der Waals surface area contributed by atoms with Gasteiger partial charge in [-0.25, -0.2) is 0 Å². The molecule has 1 atom stereocenters. The first-order valence-corrected chi connectivity index (χ1v) is 8.02. The van der Waals surface area contributed by atoms with Crippen LogP contribution in [-0.4, -0.2) is 17.9 Å². The Labute approximate surface area is 149 Å². The lowest BCUT2D eigenvalue weighted by molar-refractivity contribution is -0.137. The monoisotopic (exact) mass is 364 g/mol. The van der Waals surface area contributed by atoms with E-state index in [9.17, 15) is 22.8 Å². The van der Waals surface area contributed by atoms with E-state index in [1.807, 2.05) is 0 Å². The third-order valence-electron chi connectivity index (χ3n) is 3.75. The lowest BCUT2D eigenvalue weighted by Crippen LogP contribution is -2.47. The molecule has 0 aliphatic heterocycles. The molecule has 0 spiro atoms. The molecule has 0 bridgehead atoms. The Morgan fingerprint density at radius 1 is 0.923 bits per heavy atom. The van der Waals surface area contributed by atoms with Crippen LogP contribution in [0.3, 0.4) is 0 Å². The van der Waals surface area contributed by atoms with E-state index >= 15 is 0 Å². The summed E-state index contributed by atoms with van der Waals surface area (Å²) < 4.78 is 37.8. The predicted molar refractivity (Wildman–Crippen MR) is 92.6 cm³/mol. The molecule has 138 valence electrons. The molecular weight excluding hydrogens is 345 g/mol. The van der Waals surface area contributed by atoms with Crippen LogP contribution in [-0.2, 0) is 11.0 Å². The smallest absolute Gasteiger partial charge is 0.340 e. The molecular formula is C19H19F3N2O2. The highest BCUT2D eigenvalue weighted by molar-refractivity contribution is 6.01. The van der Waals surface area contributed by atoms with E-state index in [0.29, 0.717) is 5.56 Å². The fourth-order valence-corrected chi connectivity index (χ4v) is 2.31. The van der Waals surface area contributed by atoms with Gasteiger partial charge in [0.25, 0.3) is 5.91 Å². The van der Waals surface area contributed by atoms with Gasteiger partial charge in [0.15, 0.2) is 0 Å². The Balaban J connectivity index is 2.07. The molecule has 7 heteroatoms. The summed E-state index contributed by atoms with van der Waals surface area (Å²) in [5.41, 5.74) is -0.156. The van der Waals surface area contributed by atoms with E-state index in [2.05, 4.69) is 10.6 Å². The first kappa shape index (κ1) is 19.5. The number of benzene rings is 2. The molecule has 26 heavy (non-hydrogen) atoms. The number of hydrogen-bond acceptors (Lipinski definition) is 2. The van der Waals surface area contributed by atoms with Gasteiger partial charge in [0.05, 0.1) is 5.56 Å². The van der Waals surface area contributed by atoms with Crippen molar-refractivity contribution in [3.63, 3.8) is 0 Å². The van der Waals surface area contributed by atoms with Gasteiger partial charge in [0, 0.05) is 11.3 Å². The Kier molecular flexibility index (Phi) is 6.02. The number of hydrogen-bond donors (Lipinski definition) is 2. The molecule has 2 N–H and O–H groups in total. The minimum absolute atomic E-state index is 0.211. The van der Waals surface area contributed by atoms with Crippen molar-refractivity contribution in [3.05, 3.63) is 65.7 Å². The molecule has 2 aromatic carbocycles. The van der Waals surface area contributed by atoms with Crippen LogP contribution < -0.4 is 10.6 Å². The molecule has 0 radical (unpaired) electrons. The van der Waals surface area contributed by atoms with Gasteiger partial charge in [-0.3, -0.25) is 9.59 Å². The van der Waals surface area contributed by atoms with Gasteiger partial charge in [-0.05, 0) is 42.3 Å². The van der Waals surface area contributed by atoms with E-state index in [4.69, 9.17) is 0 Å². The summed E-state index contributed by atoms with van der Waals surface area (Å²) in [5.74, 6) is -1.10. The average molecular weight is 364 g/mol. The molecule has 2 amide bonds. The van der Waals surface area contributed by atoms with Crippen molar-refractivity contribution in [2.75, 3.05) is 5.32 Å². The van der Waals surface area contributed by atoms with Crippen LogP contribution in [0, 0.1) is 5.92 Å². The maximum atomic E-state index is 12.6. The second kappa shape index (κ2) is 8.03. The van der Waals surface area contributed by atoms with E-state index in [1.54, 1.807) is 44.2 Å². The fraction of sp³-hybridized carbons (Fsp3) is 0.263. The number of carbonyl (C=O) groups excluding carboxylic acids is 2. The van der Waals surface area contributed by atoms with Crippen molar-refractivity contribution in [2.24, 2.45) is 5.92 Å². The SMILES string of the molecule is CC(C)C(NC(=O)c1ccccc1)C(=O)Nc1ccc(C(F)(F)F)cc1. The van der Waals surface area contributed by atoms with Crippen molar-refractivity contribution in [2.45, 2.75) is 26.1 Å². The van der Waals surface area contributed by atoms with Gasteiger partial charge in [0.2, 0.25) is 5.91 Å². The number of anilines is 1. The highest BCUT2D eigenvalue weighted by Crippen LogP contribution is 2.29. The van der Waals surface area contributed by atoms with Crippen LogP contribution in [0.4, 0.5) is 18.9 Å². The fourth-order valence-electron chi connectivity index (χ4n) is 2.31. The van der Waals surface area contributed by atoms with Gasteiger partial charge < -0.3 is 10.6 Å². The lowest BCUT2D eigenvalue weighted by atomic mass is 10.0. The maximum Gasteiger partial charge on any atom is 0.416 e. The number of amides is 2. The van der Waals surface area contributed by atoms with Crippen molar-refractivity contribution in [1.29, 1.82) is 0 Å². The minimum Gasteiger partial charge on any atom is -0.340 e. The summed E-state index contributed by atoms with van der Waals surface area (Å²) in [5, 5.41) is 5.20. The number of alkyl halides is 3. The molecule has 0 aromatic heterocycles. The second-order valence-electron chi connectivity index (χ2n) is 6.13. The third-order valence-corrected chi connectivity index (χ3v) is 3.75. The van der Waals surface area contributed by atoms with E-state index in [0.717, 1.165) is 12.1 Å². The first-order valence-electron chi connectivity index (χ1n) is 8.02. The van der Waals surface area contributed by atoms with Crippen molar-refractivity contribution >= 4 is 17.5 Å². The number of nitrogens with one attached hydrogen (secondary N) is 2. The van der Waals surface area contributed by atoms with Gasteiger partial charge in [-0.2, -0.15) is 13.2 Å². The zero-order chi connectivity index (χ0) is 19.3. The lowest BCUT2D eigenvalue weighted by Gasteiger charge is -2.22. The minimum atomic E-state index is -4.44. The van der Waals surface area contributed by atoms with Crippen LogP contribution in [0.15, 0.2) is 54.6 Å². The number of rotatable bonds is 5. The van der Waals surface area contributed by atoms with E-state index in [-0.39, 0.29) is 11.6 Å². The topological polar surface area (TPSA) is 58.2 Å². The number of carbonyl (C=O) groups is 2. The Morgan fingerprint density at radius 2 is 1.50 bits per heavy atom. The summed E-state index contributed by atoms with van der Waals surface area (Å²) in [6.45, 7) is 3.53. The molecule has 2 rings (SSSR count). The molecule has 0 saturated carbocycles. The van der Waals surface area contributed by atoms with Gasteiger partial charge in [-0.15, -0.1) is 0 Å². The zero-order valence-corrected chi connectivity index (χ0v) is 14.3. The van der Waals surface area contributed by atoms with Crippen molar-refractivity contribution < 1.29 is 22.8 Å². The molecule has 0 aliphatic rings. The predicted octanol–water partition coefficient (Wildman–Crippen LogP) is 4.10. The molecule has 0 aliphatic carbocycles. The standard InChI is InChI=1S/C19H19F3N2O2/c1-12(2)16(24-17(25)13-6-4-3-5-7-13)18(26)23-15-10-8-14(9-11-15)19(20,21)22/h3-12,16H,1-2H3,(H,23,26)(H,24,25). The zero-order valence-electron chi connectivity index (χ0n) is 14.3. The summed E-state index contributed by atoms with van der Waals surface area (Å²) in [6.07, 6.45) is -4.44. The summed E-state index contributed by atoms with van der Waals surface area (Å²) in [7, 11) is 0. The molecule has 0 saturated heterocycles. The van der Waals surface area contributed by atoms with E-state index in [1.165, 1.54) is 12.1 Å².